The van der Waals surface area contributed by atoms with Crippen LogP contribution in [0, 0.1) is 13.8 Å². The lowest BCUT2D eigenvalue weighted by Crippen LogP contribution is -2.38. The van der Waals surface area contributed by atoms with Crippen molar-refractivity contribution >= 4 is 5.91 Å². The summed E-state index contributed by atoms with van der Waals surface area (Å²) in [7, 11) is 0. The Morgan fingerprint density at radius 2 is 2.11 bits per heavy atom. The van der Waals surface area contributed by atoms with Gasteiger partial charge < -0.3 is 10.6 Å². The summed E-state index contributed by atoms with van der Waals surface area (Å²) in [6, 6.07) is 6.73. The third-order valence-corrected chi connectivity index (χ3v) is 3.52. The zero-order valence-electron chi connectivity index (χ0n) is 11.3. The number of hydrogen-bond acceptors (Lipinski definition) is 2. The Labute approximate surface area is 109 Å². The van der Waals surface area contributed by atoms with Crippen LogP contribution in [0.4, 0.5) is 0 Å². The fraction of sp³-hybridized carbons (Fsp3) is 0.533. The van der Waals surface area contributed by atoms with Crippen LogP contribution in [0.15, 0.2) is 18.2 Å². The molecule has 0 unspecified atom stereocenters. The number of amides is 1. The highest BCUT2D eigenvalue weighted by Crippen LogP contribution is 2.27. The molecule has 0 heterocycles. The van der Waals surface area contributed by atoms with E-state index in [0.29, 0.717) is 25.6 Å². The standard InChI is InChI=1S/C15H22N2O/c1-11-3-4-12(2)13(9-11)10-15(18)17(8-7-16)14-5-6-14/h3-4,9,14H,5-8,10,16H2,1-2H3. The van der Waals surface area contributed by atoms with E-state index in [1.807, 2.05) is 4.90 Å². The number of carbonyl (C=O) groups is 1. The molecular weight excluding hydrogens is 224 g/mol. The Kier molecular flexibility index (Phi) is 4.02. The lowest BCUT2D eigenvalue weighted by Gasteiger charge is -2.22. The number of hydrogen-bond donors (Lipinski definition) is 1. The number of aryl methyl sites for hydroxylation is 2. The van der Waals surface area contributed by atoms with Crippen molar-refractivity contribution in [2.45, 2.75) is 39.2 Å². The van der Waals surface area contributed by atoms with Crippen LogP contribution in [0.3, 0.4) is 0 Å². The molecule has 0 atom stereocenters. The Bertz CT molecular complexity index is 438. The van der Waals surface area contributed by atoms with Crippen molar-refractivity contribution in [1.82, 2.24) is 4.90 Å². The normalized spacial score (nSPS) is 14.6. The van der Waals surface area contributed by atoms with Gasteiger partial charge in [0, 0.05) is 19.1 Å². The first-order valence-corrected chi connectivity index (χ1v) is 6.67. The highest BCUT2D eigenvalue weighted by atomic mass is 16.2. The van der Waals surface area contributed by atoms with Gasteiger partial charge in [0.25, 0.3) is 0 Å². The van der Waals surface area contributed by atoms with Crippen LogP contribution in [0.25, 0.3) is 0 Å². The summed E-state index contributed by atoms with van der Waals surface area (Å²) in [4.78, 5) is 14.3. The minimum Gasteiger partial charge on any atom is -0.338 e. The molecule has 1 aliphatic rings. The highest BCUT2D eigenvalue weighted by Gasteiger charge is 2.31. The molecule has 3 nitrogen and oxygen atoms in total. The SMILES string of the molecule is Cc1ccc(C)c(CC(=O)N(CCN)C2CC2)c1. The van der Waals surface area contributed by atoms with Crippen molar-refractivity contribution in [2.24, 2.45) is 5.73 Å². The first kappa shape index (κ1) is 13.1. The second-order valence-electron chi connectivity index (χ2n) is 5.21. The van der Waals surface area contributed by atoms with Gasteiger partial charge in [0.2, 0.25) is 5.91 Å². The molecule has 0 radical (unpaired) electrons. The molecule has 3 heteroatoms. The number of nitrogens with two attached hydrogens (primary N) is 1. The Morgan fingerprint density at radius 1 is 1.39 bits per heavy atom. The predicted molar refractivity (Wildman–Crippen MR) is 73.4 cm³/mol. The van der Waals surface area contributed by atoms with Crippen LogP contribution in [0.1, 0.15) is 29.5 Å². The minimum atomic E-state index is 0.219. The lowest BCUT2D eigenvalue weighted by molar-refractivity contribution is -0.130. The van der Waals surface area contributed by atoms with E-state index < -0.39 is 0 Å². The maximum absolute atomic E-state index is 12.3. The molecule has 18 heavy (non-hydrogen) atoms. The Morgan fingerprint density at radius 3 is 2.72 bits per heavy atom. The average molecular weight is 246 g/mol. The molecule has 0 saturated heterocycles. The van der Waals surface area contributed by atoms with Gasteiger partial charge in [0.15, 0.2) is 0 Å². The van der Waals surface area contributed by atoms with E-state index in [-0.39, 0.29) is 5.91 Å². The van der Waals surface area contributed by atoms with Crippen LogP contribution in [-0.2, 0) is 11.2 Å². The first-order chi connectivity index (χ1) is 8.61. The number of nitrogens with zero attached hydrogens (tertiary/aromatic N) is 1. The molecule has 0 spiro atoms. The van der Waals surface area contributed by atoms with Crippen LogP contribution in [0.5, 0.6) is 0 Å². The van der Waals surface area contributed by atoms with Crippen LogP contribution in [-0.4, -0.2) is 29.9 Å². The Balaban J connectivity index is 2.07. The van der Waals surface area contributed by atoms with Crippen molar-refractivity contribution in [3.63, 3.8) is 0 Å². The van der Waals surface area contributed by atoms with Crippen LogP contribution in [0.2, 0.25) is 0 Å². The van der Waals surface area contributed by atoms with Crippen molar-refractivity contribution < 1.29 is 4.79 Å². The Hall–Kier alpha value is -1.35. The quantitative estimate of drug-likeness (QED) is 0.861. The molecule has 1 fully saturated rings. The molecule has 0 aliphatic heterocycles. The van der Waals surface area contributed by atoms with E-state index in [1.54, 1.807) is 0 Å². The van der Waals surface area contributed by atoms with E-state index >= 15 is 0 Å². The van der Waals surface area contributed by atoms with Crippen molar-refractivity contribution in [2.75, 3.05) is 13.1 Å². The topological polar surface area (TPSA) is 46.3 Å². The van der Waals surface area contributed by atoms with Gasteiger partial charge in [0.05, 0.1) is 6.42 Å². The molecule has 2 rings (SSSR count). The number of carbonyl (C=O) groups excluding carboxylic acids is 1. The maximum Gasteiger partial charge on any atom is 0.227 e. The smallest absolute Gasteiger partial charge is 0.227 e. The molecule has 1 aromatic rings. The van der Waals surface area contributed by atoms with Crippen LogP contribution < -0.4 is 5.73 Å². The monoisotopic (exact) mass is 246 g/mol. The zero-order valence-corrected chi connectivity index (χ0v) is 11.3. The summed E-state index contributed by atoms with van der Waals surface area (Å²) in [5, 5.41) is 0. The first-order valence-electron chi connectivity index (χ1n) is 6.67. The third kappa shape index (κ3) is 3.10. The van der Waals surface area contributed by atoms with Crippen molar-refractivity contribution in [1.29, 1.82) is 0 Å². The van der Waals surface area contributed by atoms with Crippen LogP contribution >= 0.6 is 0 Å². The largest absolute Gasteiger partial charge is 0.338 e. The number of rotatable bonds is 5. The van der Waals surface area contributed by atoms with Crippen molar-refractivity contribution in [3.05, 3.63) is 34.9 Å². The van der Waals surface area contributed by atoms with E-state index in [0.717, 1.165) is 18.4 Å². The van der Waals surface area contributed by atoms with E-state index in [1.165, 1.54) is 11.1 Å². The van der Waals surface area contributed by atoms with E-state index in [4.69, 9.17) is 5.73 Å². The summed E-state index contributed by atoms with van der Waals surface area (Å²) in [6.07, 6.45) is 2.78. The molecule has 0 aromatic heterocycles. The predicted octanol–water partition coefficient (Wildman–Crippen LogP) is 1.80. The highest BCUT2D eigenvalue weighted by molar-refractivity contribution is 5.79. The second-order valence-corrected chi connectivity index (χ2v) is 5.21. The molecule has 1 amide bonds. The molecule has 1 aliphatic carbocycles. The van der Waals surface area contributed by atoms with Crippen molar-refractivity contribution in [3.8, 4) is 0 Å². The van der Waals surface area contributed by atoms with E-state index in [9.17, 15) is 4.79 Å². The summed E-state index contributed by atoms with van der Waals surface area (Å²) >= 11 is 0. The molecule has 2 N–H and O–H groups in total. The molecule has 1 saturated carbocycles. The fourth-order valence-electron chi connectivity index (χ4n) is 2.29. The van der Waals surface area contributed by atoms with Gasteiger partial charge in [-0.3, -0.25) is 4.79 Å². The molecule has 98 valence electrons. The summed E-state index contributed by atoms with van der Waals surface area (Å²) < 4.78 is 0. The van der Waals surface area contributed by atoms with Gasteiger partial charge in [-0.05, 0) is 37.8 Å². The maximum atomic E-state index is 12.3. The summed E-state index contributed by atoms with van der Waals surface area (Å²) in [5.74, 6) is 0.219. The fourth-order valence-corrected chi connectivity index (χ4v) is 2.29. The minimum absolute atomic E-state index is 0.219. The molecule has 1 aromatic carbocycles. The van der Waals surface area contributed by atoms with Gasteiger partial charge >= 0.3 is 0 Å². The van der Waals surface area contributed by atoms with Gasteiger partial charge in [-0.25, -0.2) is 0 Å². The van der Waals surface area contributed by atoms with Gasteiger partial charge in [-0.2, -0.15) is 0 Å². The van der Waals surface area contributed by atoms with Gasteiger partial charge in [-0.15, -0.1) is 0 Å². The number of benzene rings is 1. The molecular formula is C15H22N2O. The summed E-state index contributed by atoms with van der Waals surface area (Å²) in [5.41, 5.74) is 9.13. The second kappa shape index (κ2) is 5.53. The lowest BCUT2D eigenvalue weighted by atomic mass is 10.0. The third-order valence-electron chi connectivity index (χ3n) is 3.52. The molecule has 0 bridgehead atoms. The average Bonchev–Trinajstić information content (AvgIpc) is 3.14. The zero-order chi connectivity index (χ0) is 13.1. The van der Waals surface area contributed by atoms with Gasteiger partial charge in [-0.1, -0.05) is 23.8 Å². The summed E-state index contributed by atoms with van der Waals surface area (Å²) in [6.45, 7) is 5.36. The van der Waals surface area contributed by atoms with E-state index in [2.05, 4.69) is 32.0 Å². The van der Waals surface area contributed by atoms with Gasteiger partial charge in [0.1, 0.15) is 0 Å².